The van der Waals surface area contributed by atoms with Crippen molar-refractivity contribution >= 4 is 17.7 Å². The molecule has 0 saturated carbocycles. The smallest absolute Gasteiger partial charge is 0.343 e. The quantitative estimate of drug-likeness (QED) is 0.722. The second-order valence-corrected chi connectivity index (χ2v) is 7.02. The Morgan fingerprint density at radius 1 is 1.20 bits per heavy atom. The molecule has 2 aliphatic rings. The van der Waals surface area contributed by atoms with Crippen LogP contribution in [0.4, 0.5) is 18.9 Å². The number of aryl methyl sites for hydroxylation is 1. The number of hydrogen-bond donors (Lipinski definition) is 0. The van der Waals surface area contributed by atoms with Gasteiger partial charge in [-0.05, 0) is 36.2 Å². The Bertz CT molecular complexity index is 999. The fourth-order valence-corrected chi connectivity index (χ4v) is 3.56. The number of pyridine rings is 1. The van der Waals surface area contributed by atoms with Gasteiger partial charge in [0.1, 0.15) is 12.4 Å². The lowest BCUT2D eigenvalue weighted by Crippen LogP contribution is -2.41. The highest BCUT2D eigenvalue weighted by Gasteiger charge is 2.36. The third kappa shape index (κ3) is 4.28. The molecule has 0 aliphatic carbocycles. The maximum atomic E-state index is 12.8. The molecule has 8 heteroatoms. The number of aromatic nitrogens is 1. The topological polar surface area (TPSA) is 50.1 Å². The van der Waals surface area contributed by atoms with Crippen LogP contribution in [0.25, 0.3) is 0 Å². The molecule has 156 valence electrons. The summed E-state index contributed by atoms with van der Waals surface area (Å²) in [6.07, 6.45) is 0.803. The lowest BCUT2D eigenvalue weighted by Gasteiger charge is -2.37. The van der Waals surface area contributed by atoms with Gasteiger partial charge in [-0.1, -0.05) is 19.1 Å². The third-order valence-electron chi connectivity index (χ3n) is 4.93. The number of amidine groups is 1. The normalized spacial score (nSPS) is 19.0. The number of ether oxygens (including phenoxy) is 1. The van der Waals surface area contributed by atoms with Gasteiger partial charge < -0.3 is 4.74 Å². The summed E-state index contributed by atoms with van der Waals surface area (Å²) in [4.78, 5) is 15.0. The van der Waals surface area contributed by atoms with Crippen molar-refractivity contribution in [2.45, 2.75) is 32.2 Å². The number of rotatable bonds is 5. The molecule has 1 atom stereocenters. The van der Waals surface area contributed by atoms with Gasteiger partial charge >= 0.3 is 6.18 Å². The molecule has 2 aliphatic heterocycles. The number of hydrogen-bond acceptors (Lipinski definition) is 5. The van der Waals surface area contributed by atoms with E-state index in [9.17, 15) is 13.2 Å². The zero-order chi connectivity index (χ0) is 21.1. The second-order valence-electron chi connectivity index (χ2n) is 7.02. The number of dihydropyridines is 1. The van der Waals surface area contributed by atoms with E-state index in [1.54, 1.807) is 24.7 Å². The molecular weight excluding hydrogens is 393 g/mol. The number of nitrogens with zero attached hydrogens (tertiary/aromatic N) is 4. The molecule has 1 aromatic heterocycles. The number of benzene rings is 1. The molecule has 0 spiro atoms. The molecule has 0 amide bonds. The van der Waals surface area contributed by atoms with Gasteiger partial charge in [-0.15, -0.1) is 0 Å². The van der Waals surface area contributed by atoms with Gasteiger partial charge in [0.05, 0.1) is 0 Å². The molecule has 30 heavy (non-hydrogen) atoms. The summed E-state index contributed by atoms with van der Waals surface area (Å²) in [5.74, 6) is 0.512. The van der Waals surface area contributed by atoms with Crippen molar-refractivity contribution in [2.24, 2.45) is 9.98 Å². The number of anilines is 1. The predicted octanol–water partition coefficient (Wildman–Crippen LogP) is 4.54. The van der Waals surface area contributed by atoms with Gasteiger partial charge in [0.2, 0.25) is 0 Å². The Hall–Kier alpha value is -3.00. The molecule has 0 bridgehead atoms. The van der Waals surface area contributed by atoms with Gasteiger partial charge in [-0.25, -0.2) is 4.99 Å². The molecule has 0 radical (unpaired) electrons. The molecule has 0 N–H and O–H groups in total. The molecule has 3 heterocycles. The summed E-state index contributed by atoms with van der Waals surface area (Å²) in [6.45, 7) is 1.25. The summed E-state index contributed by atoms with van der Waals surface area (Å²) < 4.78 is 43.7. The van der Waals surface area contributed by atoms with Gasteiger partial charge in [0.15, 0.2) is 6.23 Å². The van der Waals surface area contributed by atoms with Crippen molar-refractivity contribution in [3.05, 3.63) is 71.2 Å². The van der Waals surface area contributed by atoms with Crippen LogP contribution in [0.1, 0.15) is 24.5 Å². The number of halogens is 3. The van der Waals surface area contributed by atoms with E-state index in [1.807, 2.05) is 29.2 Å². The van der Waals surface area contributed by atoms with Gasteiger partial charge in [0.25, 0.3) is 0 Å². The monoisotopic (exact) mass is 414 g/mol. The largest absolute Gasteiger partial charge is 0.411 e. The average Bonchev–Trinajstić information content (AvgIpc) is 2.77. The van der Waals surface area contributed by atoms with Crippen LogP contribution in [0.2, 0.25) is 0 Å². The van der Waals surface area contributed by atoms with Crippen molar-refractivity contribution in [3.63, 3.8) is 0 Å². The molecule has 4 rings (SSSR count). The maximum absolute atomic E-state index is 12.8. The maximum Gasteiger partial charge on any atom is 0.411 e. The summed E-state index contributed by atoms with van der Waals surface area (Å²) in [5, 5.41) is 0. The molecule has 2 aromatic rings. The van der Waals surface area contributed by atoms with Crippen LogP contribution >= 0.6 is 0 Å². The molecular formula is C22H21F3N4O. The van der Waals surface area contributed by atoms with Crippen molar-refractivity contribution in [1.82, 2.24) is 4.98 Å². The van der Waals surface area contributed by atoms with Crippen molar-refractivity contribution < 1.29 is 17.9 Å². The van der Waals surface area contributed by atoms with Crippen LogP contribution in [0.5, 0.6) is 0 Å². The zero-order valence-electron chi connectivity index (χ0n) is 16.4. The minimum atomic E-state index is -4.44. The van der Waals surface area contributed by atoms with E-state index in [2.05, 4.69) is 28.0 Å². The highest BCUT2D eigenvalue weighted by Crippen LogP contribution is 2.34. The van der Waals surface area contributed by atoms with Crippen molar-refractivity contribution in [2.75, 3.05) is 18.1 Å². The van der Waals surface area contributed by atoms with Crippen LogP contribution in [0, 0.1) is 0 Å². The lowest BCUT2D eigenvalue weighted by atomic mass is 10.0. The Kier molecular flexibility index (Phi) is 5.67. The molecule has 5 nitrogen and oxygen atoms in total. The van der Waals surface area contributed by atoms with E-state index in [4.69, 9.17) is 4.74 Å². The van der Waals surface area contributed by atoms with E-state index >= 15 is 0 Å². The minimum absolute atomic E-state index is 0.512. The number of alkyl halides is 3. The predicted molar refractivity (Wildman–Crippen MR) is 110 cm³/mol. The fourth-order valence-electron chi connectivity index (χ4n) is 3.56. The third-order valence-corrected chi connectivity index (χ3v) is 4.93. The second kappa shape index (κ2) is 8.39. The van der Waals surface area contributed by atoms with Crippen LogP contribution < -0.4 is 4.90 Å². The SMILES string of the molecule is CCc1cccc(N2C(c3cccnc3)=NC(OCC(F)(F)F)C3=C2CCN=C3)c1. The Morgan fingerprint density at radius 3 is 2.80 bits per heavy atom. The van der Waals surface area contributed by atoms with Gasteiger partial charge in [-0.3, -0.25) is 14.9 Å². The molecule has 0 saturated heterocycles. The zero-order valence-corrected chi connectivity index (χ0v) is 16.4. The minimum Gasteiger partial charge on any atom is -0.343 e. The Labute approximate surface area is 172 Å². The first-order valence-corrected chi connectivity index (χ1v) is 9.75. The van der Waals surface area contributed by atoms with Gasteiger partial charge in [0, 0.05) is 54.1 Å². The molecule has 1 unspecified atom stereocenters. The van der Waals surface area contributed by atoms with Crippen molar-refractivity contribution in [1.29, 1.82) is 0 Å². The highest BCUT2D eigenvalue weighted by atomic mass is 19.4. The number of aliphatic imine (C=N–C) groups is 2. The van der Waals surface area contributed by atoms with Crippen LogP contribution in [-0.4, -0.2) is 42.6 Å². The van der Waals surface area contributed by atoms with E-state index in [-0.39, 0.29) is 0 Å². The van der Waals surface area contributed by atoms with E-state index < -0.39 is 19.0 Å². The summed E-state index contributed by atoms with van der Waals surface area (Å²) >= 11 is 0. The Balaban J connectivity index is 1.83. The van der Waals surface area contributed by atoms with Crippen LogP contribution in [-0.2, 0) is 11.2 Å². The standard InChI is InChI=1S/C22H21F3N4O/c1-2-15-5-3-7-17(11-15)29-19-8-10-27-13-18(19)21(30-14-22(23,24)25)28-20(29)16-6-4-9-26-12-16/h3-7,9,11-13,21H,2,8,10,14H2,1H3. The lowest BCUT2D eigenvalue weighted by molar-refractivity contribution is -0.180. The molecule has 0 fully saturated rings. The summed E-state index contributed by atoms with van der Waals surface area (Å²) in [5.41, 5.74) is 4.16. The highest BCUT2D eigenvalue weighted by molar-refractivity contribution is 6.13. The summed E-state index contributed by atoms with van der Waals surface area (Å²) in [6, 6.07) is 11.7. The van der Waals surface area contributed by atoms with Crippen LogP contribution in [0.3, 0.4) is 0 Å². The van der Waals surface area contributed by atoms with E-state index in [0.717, 1.165) is 23.4 Å². The summed E-state index contributed by atoms with van der Waals surface area (Å²) in [7, 11) is 0. The first-order chi connectivity index (χ1) is 14.5. The first kappa shape index (κ1) is 20.3. The average molecular weight is 414 g/mol. The van der Waals surface area contributed by atoms with Crippen LogP contribution in [0.15, 0.2) is 70.0 Å². The van der Waals surface area contributed by atoms with E-state index in [1.165, 1.54) is 0 Å². The molecule has 1 aromatic carbocycles. The fraction of sp³-hybridized carbons (Fsp3) is 0.318. The first-order valence-electron chi connectivity index (χ1n) is 9.75. The van der Waals surface area contributed by atoms with Crippen molar-refractivity contribution in [3.8, 4) is 0 Å². The van der Waals surface area contributed by atoms with E-state index in [0.29, 0.717) is 29.9 Å². The van der Waals surface area contributed by atoms with Gasteiger partial charge in [-0.2, -0.15) is 13.2 Å². The Morgan fingerprint density at radius 2 is 2.07 bits per heavy atom.